The minimum atomic E-state index is -3.41. The van der Waals surface area contributed by atoms with Crippen molar-refractivity contribution in [2.45, 2.75) is 49.5 Å². The Labute approximate surface area is 143 Å². The summed E-state index contributed by atoms with van der Waals surface area (Å²) in [6.45, 7) is 0.659. The molecule has 0 amide bonds. The van der Waals surface area contributed by atoms with Crippen LogP contribution in [0.15, 0.2) is 32.0 Å². The van der Waals surface area contributed by atoms with E-state index in [1.165, 1.54) is 19.3 Å². The lowest BCUT2D eigenvalue weighted by molar-refractivity contribution is 0.129. The van der Waals surface area contributed by atoms with Gasteiger partial charge in [0.25, 0.3) is 0 Å². The third-order valence-corrected chi connectivity index (χ3v) is 8.07. The number of hydrogen-bond donors (Lipinski definition) is 0. The average Bonchev–Trinajstić information content (AvgIpc) is 2.46. The largest absolute Gasteiger partial charge is 0.244 e. The van der Waals surface area contributed by atoms with Crippen molar-refractivity contribution in [3.8, 4) is 0 Å². The Morgan fingerprint density at radius 1 is 1.05 bits per heavy atom. The molecule has 116 valence electrons. The second-order valence-electron chi connectivity index (χ2n) is 5.94. The van der Waals surface area contributed by atoms with Gasteiger partial charge < -0.3 is 0 Å². The number of rotatable bonds is 2. The molecule has 1 aliphatic carbocycles. The van der Waals surface area contributed by atoms with Crippen LogP contribution in [-0.4, -0.2) is 25.3 Å². The molecule has 0 N–H and O–H groups in total. The van der Waals surface area contributed by atoms with Gasteiger partial charge in [0.1, 0.15) is 0 Å². The summed E-state index contributed by atoms with van der Waals surface area (Å²) >= 11 is 6.78. The molecule has 1 aliphatic heterocycles. The summed E-state index contributed by atoms with van der Waals surface area (Å²) in [5.41, 5.74) is 0. The summed E-state index contributed by atoms with van der Waals surface area (Å²) in [6.07, 6.45) is 6.74. The molecular formula is C15H19Br2NO2S. The van der Waals surface area contributed by atoms with Crippen LogP contribution in [0.2, 0.25) is 0 Å². The van der Waals surface area contributed by atoms with Gasteiger partial charge in [0.2, 0.25) is 10.0 Å². The van der Waals surface area contributed by atoms with E-state index in [-0.39, 0.29) is 6.04 Å². The van der Waals surface area contributed by atoms with Gasteiger partial charge in [-0.2, -0.15) is 4.31 Å². The van der Waals surface area contributed by atoms with Crippen LogP contribution in [0.1, 0.15) is 38.5 Å². The molecule has 1 saturated carbocycles. The second kappa shape index (κ2) is 6.30. The average molecular weight is 437 g/mol. The molecular weight excluding hydrogens is 418 g/mol. The van der Waals surface area contributed by atoms with Crippen LogP contribution in [0.5, 0.6) is 0 Å². The SMILES string of the molecule is O=S(=O)(c1ccc(Br)cc1Br)N1CCC[C@H]2CCCC[C@H]21. The molecule has 0 unspecified atom stereocenters. The van der Waals surface area contributed by atoms with Crippen molar-refractivity contribution in [3.05, 3.63) is 27.1 Å². The van der Waals surface area contributed by atoms with Gasteiger partial charge in [-0.1, -0.05) is 28.8 Å². The molecule has 0 radical (unpaired) electrons. The zero-order valence-corrected chi connectivity index (χ0v) is 15.8. The van der Waals surface area contributed by atoms with Crippen molar-refractivity contribution in [2.24, 2.45) is 5.92 Å². The molecule has 1 aromatic carbocycles. The standard InChI is InChI=1S/C15H19Br2NO2S/c16-12-7-8-15(13(17)10-12)21(19,20)18-9-3-5-11-4-1-2-6-14(11)18/h7-8,10-11,14H,1-6,9H2/t11-,14-/m1/s1. The van der Waals surface area contributed by atoms with E-state index < -0.39 is 10.0 Å². The van der Waals surface area contributed by atoms with Crippen LogP contribution >= 0.6 is 31.9 Å². The minimum absolute atomic E-state index is 0.202. The van der Waals surface area contributed by atoms with Gasteiger partial charge in [-0.25, -0.2) is 8.42 Å². The fraction of sp³-hybridized carbons (Fsp3) is 0.600. The van der Waals surface area contributed by atoms with Gasteiger partial charge in [-0.05, 0) is 65.7 Å². The quantitative estimate of drug-likeness (QED) is 0.681. The van der Waals surface area contributed by atoms with E-state index in [9.17, 15) is 8.42 Å². The van der Waals surface area contributed by atoms with E-state index in [2.05, 4.69) is 31.9 Å². The van der Waals surface area contributed by atoms with Crippen LogP contribution in [0.25, 0.3) is 0 Å². The summed E-state index contributed by atoms with van der Waals surface area (Å²) in [5, 5.41) is 0. The Morgan fingerprint density at radius 2 is 1.76 bits per heavy atom. The number of nitrogens with zero attached hydrogens (tertiary/aromatic N) is 1. The molecule has 2 aliphatic rings. The molecule has 1 aromatic rings. The number of benzene rings is 1. The molecule has 0 aromatic heterocycles. The summed E-state index contributed by atoms with van der Waals surface area (Å²) in [4.78, 5) is 0.386. The van der Waals surface area contributed by atoms with Crippen molar-refractivity contribution in [1.82, 2.24) is 4.31 Å². The van der Waals surface area contributed by atoms with Gasteiger partial charge in [-0.15, -0.1) is 0 Å². The maximum Gasteiger partial charge on any atom is 0.244 e. The van der Waals surface area contributed by atoms with Crippen LogP contribution in [0, 0.1) is 5.92 Å². The smallest absolute Gasteiger partial charge is 0.207 e. The Kier molecular flexibility index (Phi) is 4.79. The number of fused-ring (bicyclic) bond motifs is 1. The lowest BCUT2D eigenvalue weighted by Gasteiger charge is -2.43. The fourth-order valence-electron chi connectivity index (χ4n) is 3.69. The number of piperidine rings is 1. The van der Waals surface area contributed by atoms with Gasteiger partial charge in [0.15, 0.2) is 0 Å². The van der Waals surface area contributed by atoms with Crippen molar-refractivity contribution in [1.29, 1.82) is 0 Å². The van der Waals surface area contributed by atoms with Crippen molar-refractivity contribution in [2.75, 3.05) is 6.54 Å². The Balaban J connectivity index is 1.96. The Morgan fingerprint density at radius 3 is 2.52 bits per heavy atom. The lowest BCUT2D eigenvalue weighted by Crippen LogP contribution is -2.49. The van der Waals surface area contributed by atoms with Crippen LogP contribution in [-0.2, 0) is 10.0 Å². The lowest BCUT2D eigenvalue weighted by atomic mass is 9.79. The van der Waals surface area contributed by atoms with E-state index in [1.807, 2.05) is 0 Å². The highest BCUT2D eigenvalue weighted by atomic mass is 79.9. The topological polar surface area (TPSA) is 37.4 Å². The zero-order valence-electron chi connectivity index (χ0n) is 11.8. The number of sulfonamides is 1. The first-order valence-electron chi connectivity index (χ1n) is 7.47. The predicted octanol–water partition coefficient (Wildman–Crippen LogP) is 4.55. The van der Waals surface area contributed by atoms with E-state index in [1.54, 1.807) is 22.5 Å². The first-order valence-corrected chi connectivity index (χ1v) is 10.5. The van der Waals surface area contributed by atoms with Crippen molar-refractivity contribution >= 4 is 41.9 Å². The molecule has 3 rings (SSSR count). The first-order chi connectivity index (χ1) is 10.00. The van der Waals surface area contributed by atoms with Gasteiger partial charge in [-0.3, -0.25) is 0 Å². The summed E-state index contributed by atoms with van der Waals surface area (Å²) < 4.78 is 29.4. The molecule has 2 atom stereocenters. The van der Waals surface area contributed by atoms with E-state index in [0.29, 0.717) is 21.8 Å². The predicted molar refractivity (Wildman–Crippen MR) is 90.7 cm³/mol. The normalized spacial score (nSPS) is 27.3. The molecule has 6 heteroatoms. The highest BCUT2D eigenvalue weighted by Gasteiger charge is 2.40. The molecule has 0 bridgehead atoms. The van der Waals surface area contributed by atoms with Crippen molar-refractivity contribution < 1.29 is 8.42 Å². The van der Waals surface area contributed by atoms with Crippen molar-refractivity contribution in [3.63, 3.8) is 0 Å². The van der Waals surface area contributed by atoms with E-state index >= 15 is 0 Å². The van der Waals surface area contributed by atoms with Gasteiger partial charge >= 0.3 is 0 Å². The summed E-state index contributed by atoms with van der Waals surface area (Å²) in [6, 6.07) is 5.48. The highest BCUT2D eigenvalue weighted by molar-refractivity contribution is 9.11. The second-order valence-corrected chi connectivity index (χ2v) is 9.57. The van der Waals surface area contributed by atoms with Crippen LogP contribution in [0.3, 0.4) is 0 Å². The molecule has 2 fully saturated rings. The summed E-state index contributed by atoms with van der Waals surface area (Å²) in [5.74, 6) is 0.552. The van der Waals surface area contributed by atoms with Gasteiger partial charge in [0, 0.05) is 21.5 Å². The van der Waals surface area contributed by atoms with Crippen LogP contribution < -0.4 is 0 Å². The number of halogens is 2. The maximum atomic E-state index is 13.1. The minimum Gasteiger partial charge on any atom is -0.207 e. The third-order valence-electron chi connectivity index (χ3n) is 4.67. The highest BCUT2D eigenvalue weighted by Crippen LogP contribution is 2.39. The molecule has 0 spiro atoms. The molecule has 1 saturated heterocycles. The monoisotopic (exact) mass is 435 g/mol. The first kappa shape index (κ1) is 16.0. The van der Waals surface area contributed by atoms with E-state index in [4.69, 9.17) is 0 Å². The van der Waals surface area contributed by atoms with Crippen LogP contribution in [0.4, 0.5) is 0 Å². The third kappa shape index (κ3) is 3.09. The molecule has 1 heterocycles. The van der Waals surface area contributed by atoms with E-state index in [0.717, 1.165) is 23.7 Å². The number of hydrogen-bond acceptors (Lipinski definition) is 2. The molecule has 3 nitrogen and oxygen atoms in total. The van der Waals surface area contributed by atoms with Gasteiger partial charge in [0.05, 0.1) is 4.90 Å². The Bertz CT molecular complexity index is 631. The Hall–Kier alpha value is 0.0900. The molecule has 21 heavy (non-hydrogen) atoms. The zero-order chi connectivity index (χ0) is 15.0. The fourth-order valence-corrected chi connectivity index (χ4v) is 7.15. The summed E-state index contributed by atoms with van der Waals surface area (Å²) in [7, 11) is -3.41. The maximum absolute atomic E-state index is 13.1.